The van der Waals surface area contributed by atoms with E-state index in [0.717, 1.165) is 16.7 Å². The van der Waals surface area contributed by atoms with Gasteiger partial charge in [-0.1, -0.05) is 35.9 Å². The molecule has 0 fully saturated rings. The van der Waals surface area contributed by atoms with Crippen LogP contribution < -0.4 is 5.32 Å². The minimum atomic E-state index is 0.0236. The first-order chi connectivity index (χ1) is 9.69. The van der Waals surface area contributed by atoms with Crippen LogP contribution in [0.15, 0.2) is 52.9 Å². The zero-order chi connectivity index (χ0) is 14.1. The van der Waals surface area contributed by atoms with Crippen molar-refractivity contribution >= 4 is 45.2 Å². The highest BCUT2D eigenvalue weighted by molar-refractivity contribution is 14.1. The van der Waals surface area contributed by atoms with Crippen molar-refractivity contribution in [2.24, 2.45) is 0 Å². The van der Waals surface area contributed by atoms with Crippen molar-refractivity contribution in [2.75, 3.05) is 7.05 Å². The quantitative estimate of drug-likeness (QED) is 0.629. The maximum absolute atomic E-state index is 6.17. The van der Waals surface area contributed by atoms with Gasteiger partial charge >= 0.3 is 0 Å². The minimum absolute atomic E-state index is 0.0236. The number of nitrogens with one attached hydrogen (secondary N) is 1. The van der Waals surface area contributed by atoms with E-state index in [1.165, 1.54) is 9.13 Å². The molecule has 2 nitrogen and oxygen atoms in total. The normalized spacial score (nSPS) is 12.8. The van der Waals surface area contributed by atoms with Crippen LogP contribution in [0, 0.1) is 3.57 Å². The largest absolute Gasteiger partial charge is 0.457 e. The molecule has 1 N–H and O–H groups in total. The zero-order valence-corrected chi connectivity index (χ0v) is 13.8. The van der Waals surface area contributed by atoms with Gasteiger partial charge in [-0.25, -0.2) is 0 Å². The van der Waals surface area contributed by atoms with Crippen LogP contribution in [-0.4, -0.2) is 7.05 Å². The lowest BCUT2D eigenvalue weighted by Gasteiger charge is -2.14. The molecule has 0 aliphatic heterocycles. The van der Waals surface area contributed by atoms with E-state index in [2.05, 4.69) is 52.2 Å². The molecule has 0 bridgehead atoms. The SMILES string of the molecule is CNC(c1ccc(I)cc1)c1cc2cccc(Cl)c2o1. The van der Waals surface area contributed by atoms with Crippen LogP contribution in [0.2, 0.25) is 5.02 Å². The van der Waals surface area contributed by atoms with Gasteiger partial charge in [-0.05, 0) is 59.5 Å². The van der Waals surface area contributed by atoms with Gasteiger partial charge in [-0.3, -0.25) is 0 Å². The Labute approximate surface area is 136 Å². The third-order valence-electron chi connectivity index (χ3n) is 3.29. The van der Waals surface area contributed by atoms with Gasteiger partial charge in [-0.15, -0.1) is 0 Å². The Morgan fingerprint density at radius 1 is 1.15 bits per heavy atom. The van der Waals surface area contributed by atoms with E-state index in [-0.39, 0.29) is 6.04 Å². The number of hydrogen-bond donors (Lipinski definition) is 1. The lowest BCUT2D eigenvalue weighted by molar-refractivity contribution is 0.491. The number of halogens is 2. The van der Waals surface area contributed by atoms with Crippen molar-refractivity contribution in [3.63, 3.8) is 0 Å². The highest BCUT2D eigenvalue weighted by Crippen LogP contribution is 2.31. The average molecular weight is 398 g/mol. The molecule has 0 spiro atoms. The summed E-state index contributed by atoms with van der Waals surface area (Å²) in [4.78, 5) is 0. The summed E-state index contributed by atoms with van der Waals surface area (Å²) in [5, 5.41) is 4.97. The molecule has 0 saturated heterocycles. The predicted octanol–water partition coefficient (Wildman–Crippen LogP) is 5.00. The number of para-hydroxylation sites is 1. The molecule has 3 aromatic rings. The molecular formula is C16H13ClINO. The minimum Gasteiger partial charge on any atom is -0.457 e. The Balaban J connectivity index is 2.07. The molecule has 102 valence electrons. The average Bonchev–Trinajstić information content (AvgIpc) is 2.87. The molecule has 1 heterocycles. The summed E-state index contributed by atoms with van der Waals surface area (Å²) in [6.07, 6.45) is 0. The maximum Gasteiger partial charge on any atom is 0.152 e. The molecule has 1 atom stereocenters. The van der Waals surface area contributed by atoms with E-state index in [1.807, 2.05) is 31.3 Å². The lowest BCUT2D eigenvalue weighted by Crippen LogP contribution is -2.16. The predicted molar refractivity (Wildman–Crippen MR) is 91.3 cm³/mol. The smallest absolute Gasteiger partial charge is 0.152 e. The molecule has 20 heavy (non-hydrogen) atoms. The van der Waals surface area contributed by atoms with E-state index < -0.39 is 0 Å². The number of furan rings is 1. The van der Waals surface area contributed by atoms with Gasteiger partial charge in [0.1, 0.15) is 5.76 Å². The summed E-state index contributed by atoms with van der Waals surface area (Å²) in [7, 11) is 1.93. The Morgan fingerprint density at radius 2 is 1.90 bits per heavy atom. The lowest BCUT2D eigenvalue weighted by atomic mass is 10.0. The van der Waals surface area contributed by atoms with Crippen molar-refractivity contribution in [1.29, 1.82) is 0 Å². The second-order valence-corrected chi connectivity index (χ2v) is 6.23. The van der Waals surface area contributed by atoms with Gasteiger partial charge in [0.25, 0.3) is 0 Å². The highest BCUT2D eigenvalue weighted by Gasteiger charge is 2.17. The Hall–Kier alpha value is -1.04. The summed E-state index contributed by atoms with van der Waals surface area (Å²) in [5.74, 6) is 0.872. The van der Waals surface area contributed by atoms with E-state index >= 15 is 0 Å². The number of fused-ring (bicyclic) bond motifs is 1. The van der Waals surface area contributed by atoms with Gasteiger partial charge < -0.3 is 9.73 Å². The molecule has 4 heteroatoms. The summed E-state index contributed by atoms with van der Waals surface area (Å²) < 4.78 is 7.16. The molecule has 1 unspecified atom stereocenters. The third-order valence-corrected chi connectivity index (χ3v) is 4.31. The van der Waals surface area contributed by atoms with E-state index in [0.29, 0.717) is 5.02 Å². The van der Waals surface area contributed by atoms with Gasteiger partial charge in [-0.2, -0.15) is 0 Å². The van der Waals surface area contributed by atoms with Crippen molar-refractivity contribution in [3.05, 3.63) is 68.4 Å². The molecule has 2 aromatic carbocycles. The summed E-state index contributed by atoms with van der Waals surface area (Å²) in [6.45, 7) is 0. The van der Waals surface area contributed by atoms with Crippen molar-refractivity contribution in [3.8, 4) is 0 Å². The van der Waals surface area contributed by atoms with Gasteiger partial charge in [0.2, 0.25) is 0 Å². The van der Waals surface area contributed by atoms with Crippen LogP contribution in [0.1, 0.15) is 17.4 Å². The van der Waals surface area contributed by atoms with Crippen LogP contribution in [0.3, 0.4) is 0 Å². The zero-order valence-electron chi connectivity index (χ0n) is 10.9. The Bertz CT molecular complexity index is 736. The van der Waals surface area contributed by atoms with Gasteiger partial charge in [0.05, 0.1) is 11.1 Å². The van der Waals surface area contributed by atoms with E-state index in [1.54, 1.807) is 0 Å². The van der Waals surface area contributed by atoms with Crippen LogP contribution in [0.5, 0.6) is 0 Å². The fraction of sp³-hybridized carbons (Fsp3) is 0.125. The molecule has 0 saturated carbocycles. The fourth-order valence-corrected chi connectivity index (χ4v) is 2.90. The van der Waals surface area contributed by atoms with E-state index in [9.17, 15) is 0 Å². The van der Waals surface area contributed by atoms with Crippen LogP contribution in [-0.2, 0) is 0 Å². The third kappa shape index (κ3) is 2.57. The number of rotatable bonds is 3. The maximum atomic E-state index is 6.17. The van der Waals surface area contributed by atoms with Crippen molar-refractivity contribution < 1.29 is 4.42 Å². The molecule has 0 amide bonds. The van der Waals surface area contributed by atoms with Crippen molar-refractivity contribution in [1.82, 2.24) is 5.32 Å². The van der Waals surface area contributed by atoms with E-state index in [4.69, 9.17) is 16.0 Å². The fourth-order valence-electron chi connectivity index (χ4n) is 2.32. The second kappa shape index (κ2) is 5.76. The molecule has 0 radical (unpaired) electrons. The van der Waals surface area contributed by atoms with Crippen LogP contribution in [0.4, 0.5) is 0 Å². The highest BCUT2D eigenvalue weighted by atomic mass is 127. The molecular weight excluding hydrogens is 385 g/mol. The topological polar surface area (TPSA) is 25.2 Å². The molecule has 3 rings (SSSR count). The molecule has 1 aromatic heterocycles. The summed E-state index contributed by atoms with van der Waals surface area (Å²) in [5.41, 5.74) is 1.91. The number of hydrogen-bond acceptors (Lipinski definition) is 2. The van der Waals surface area contributed by atoms with Gasteiger partial charge in [0.15, 0.2) is 5.58 Å². The summed E-state index contributed by atoms with van der Waals surface area (Å²) in [6, 6.07) is 16.3. The number of benzene rings is 2. The second-order valence-electron chi connectivity index (χ2n) is 4.58. The Kier molecular flexibility index (Phi) is 4.01. The van der Waals surface area contributed by atoms with Crippen LogP contribution in [0.25, 0.3) is 11.0 Å². The standard InChI is InChI=1S/C16H13ClINO/c1-19-15(10-5-7-12(18)8-6-10)14-9-11-3-2-4-13(17)16(11)20-14/h2-9,15,19H,1H3. The van der Waals surface area contributed by atoms with Gasteiger partial charge in [0, 0.05) is 8.96 Å². The first-order valence-corrected chi connectivity index (χ1v) is 7.75. The van der Waals surface area contributed by atoms with Crippen molar-refractivity contribution in [2.45, 2.75) is 6.04 Å². The summed E-state index contributed by atoms with van der Waals surface area (Å²) >= 11 is 8.47. The molecule has 0 aliphatic rings. The molecule has 0 aliphatic carbocycles. The first-order valence-electron chi connectivity index (χ1n) is 6.29. The Morgan fingerprint density at radius 3 is 2.55 bits per heavy atom. The first kappa shape index (κ1) is 13.9. The van der Waals surface area contributed by atoms with Crippen LogP contribution >= 0.6 is 34.2 Å². The monoisotopic (exact) mass is 397 g/mol.